The van der Waals surface area contributed by atoms with Crippen molar-refractivity contribution < 1.29 is 9.90 Å². The Balaban J connectivity index is 1.61. The van der Waals surface area contributed by atoms with Gasteiger partial charge in [-0.05, 0) is 42.7 Å². The highest BCUT2D eigenvalue weighted by Gasteiger charge is 2.17. The van der Waals surface area contributed by atoms with E-state index < -0.39 is 0 Å². The van der Waals surface area contributed by atoms with Crippen LogP contribution in [-0.2, 0) is 6.54 Å². The number of anilines is 1. The van der Waals surface area contributed by atoms with Crippen LogP contribution in [0.1, 0.15) is 28.9 Å². The molecule has 1 aliphatic heterocycles. The minimum absolute atomic E-state index is 0.136. The summed E-state index contributed by atoms with van der Waals surface area (Å²) < 4.78 is 0. The topological polar surface area (TPSA) is 68.4 Å². The molecule has 0 aliphatic carbocycles. The summed E-state index contributed by atoms with van der Waals surface area (Å²) in [6.07, 6.45) is 3.26. The summed E-state index contributed by atoms with van der Waals surface area (Å²) in [4.78, 5) is 17.3. The van der Waals surface area contributed by atoms with Crippen molar-refractivity contribution in [3.05, 3.63) is 53.9 Å². The summed E-state index contributed by atoms with van der Waals surface area (Å²) in [5.74, 6) is -0.136. The summed E-state index contributed by atoms with van der Waals surface area (Å²) in [5, 5.41) is 12.4. The molecule has 1 amide bonds. The summed E-state index contributed by atoms with van der Waals surface area (Å²) >= 11 is 0. The van der Waals surface area contributed by atoms with E-state index in [2.05, 4.69) is 21.3 Å². The first-order valence-corrected chi connectivity index (χ1v) is 7.65. The largest absolute Gasteiger partial charge is 0.393 e. The number of benzene rings is 1. The number of H-pyrrole nitrogens is 1. The number of aromatic amines is 1. The van der Waals surface area contributed by atoms with E-state index in [-0.39, 0.29) is 12.0 Å². The number of nitrogens with one attached hydrogen (secondary N) is 2. The van der Waals surface area contributed by atoms with Gasteiger partial charge in [0.25, 0.3) is 5.91 Å². The van der Waals surface area contributed by atoms with Gasteiger partial charge in [0.1, 0.15) is 5.69 Å². The van der Waals surface area contributed by atoms with E-state index >= 15 is 0 Å². The molecule has 1 fully saturated rings. The van der Waals surface area contributed by atoms with E-state index in [9.17, 15) is 9.90 Å². The van der Waals surface area contributed by atoms with Crippen LogP contribution in [0.2, 0.25) is 0 Å². The molecule has 5 nitrogen and oxygen atoms in total. The summed E-state index contributed by atoms with van der Waals surface area (Å²) in [6, 6.07) is 11.5. The third-order valence-electron chi connectivity index (χ3n) is 3.99. The van der Waals surface area contributed by atoms with Crippen molar-refractivity contribution in [1.29, 1.82) is 0 Å². The van der Waals surface area contributed by atoms with E-state index in [0.717, 1.165) is 38.2 Å². The molecule has 22 heavy (non-hydrogen) atoms. The number of aromatic nitrogens is 1. The highest BCUT2D eigenvalue weighted by atomic mass is 16.3. The second-order valence-corrected chi connectivity index (χ2v) is 5.75. The first-order chi connectivity index (χ1) is 10.7. The van der Waals surface area contributed by atoms with Gasteiger partial charge < -0.3 is 15.4 Å². The quantitative estimate of drug-likeness (QED) is 0.811. The molecule has 3 rings (SSSR count). The molecule has 0 saturated carbocycles. The molecule has 0 unspecified atom stereocenters. The number of nitrogens with zero attached hydrogens (tertiary/aromatic N) is 1. The lowest BCUT2D eigenvalue weighted by molar-refractivity contribution is 0.0792. The van der Waals surface area contributed by atoms with Gasteiger partial charge in [0.2, 0.25) is 0 Å². The Morgan fingerprint density at radius 2 is 2.09 bits per heavy atom. The third-order valence-corrected chi connectivity index (χ3v) is 3.99. The summed E-state index contributed by atoms with van der Waals surface area (Å²) in [5.41, 5.74) is 2.52. The van der Waals surface area contributed by atoms with Crippen LogP contribution >= 0.6 is 0 Å². The normalized spacial score (nSPS) is 16.6. The maximum Gasteiger partial charge on any atom is 0.272 e. The molecule has 0 spiro atoms. The van der Waals surface area contributed by atoms with Crippen molar-refractivity contribution in [3.8, 4) is 0 Å². The minimum atomic E-state index is -0.150. The van der Waals surface area contributed by atoms with Crippen molar-refractivity contribution in [2.75, 3.05) is 18.4 Å². The first kappa shape index (κ1) is 14.8. The maximum absolute atomic E-state index is 12.0. The lowest BCUT2D eigenvalue weighted by Crippen LogP contribution is -2.35. The second kappa shape index (κ2) is 6.77. The highest BCUT2D eigenvalue weighted by molar-refractivity contribution is 6.02. The third kappa shape index (κ3) is 3.75. The van der Waals surface area contributed by atoms with Gasteiger partial charge >= 0.3 is 0 Å². The van der Waals surface area contributed by atoms with Crippen LogP contribution in [0.3, 0.4) is 0 Å². The number of carbonyl (C=O) groups is 1. The van der Waals surface area contributed by atoms with Crippen molar-refractivity contribution in [1.82, 2.24) is 9.88 Å². The monoisotopic (exact) mass is 299 g/mol. The molecule has 1 aliphatic rings. The minimum Gasteiger partial charge on any atom is -0.393 e. The second-order valence-electron chi connectivity index (χ2n) is 5.75. The predicted molar refractivity (Wildman–Crippen MR) is 85.7 cm³/mol. The molecule has 1 aromatic carbocycles. The number of aliphatic hydroxyl groups is 1. The number of hydrogen-bond donors (Lipinski definition) is 3. The zero-order valence-corrected chi connectivity index (χ0v) is 12.5. The molecule has 0 radical (unpaired) electrons. The van der Waals surface area contributed by atoms with E-state index in [1.54, 1.807) is 18.3 Å². The fourth-order valence-corrected chi connectivity index (χ4v) is 2.75. The van der Waals surface area contributed by atoms with Crippen LogP contribution in [0.5, 0.6) is 0 Å². The van der Waals surface area contributed by atoms with Crippen molar-refractivity contribution in [3.63, 3.8) is 0 Å². The summed E-state index contributed by atoms with van der Waals surface area (Å²) in [7, 11) is 0. The van der Waals surface area contributed by atoms with E-state index in [1.165, 1.54) is 5.56 Å². The number of amides is 1. The number of piperidine rings is 1. The lowest BCUT2D eigenvalue weighted by atomic mass is 10.1. The van der Waals surface area contributed by atoms with E-state index in [1.807, 2.05) is 18.2 Å². The van der Waals surface area contributed by atoms with Gasteiger partial charge in [-0.15, -0.1) is 0 Å². The lowest BCUT2D eigenvalue weighted by Gasteiger charge is -2.29. The van der Waals surface area contributed by atoms with Crippen molar-refractivity contribution >= 4 is 11.6 Å². The predicted octanol–water partition coefficient (Wildman–Crippen LogP) is 2.22. The van der Waals surface area contributed by atoms with Crippen LogP contribution < -0.4 is 5.32 Å². The number of carbonyl (C=O) groups excluding carboxylic acids is 1. The Bertz CT molecular complexity index is 617. The van der Waals surface area contributed by atoms with E-state index in [0.29, 0.717) is 5.69 Å². The van der Waals surface area contributed by atoms with Gasteiger partial charge in [0.15, 0.2) is 0 Å². The number of rotatable bonds is 4. The van der Waals surface area contributed by atoms with E-state index in [4.69, 9.17) is 0 Å². The number of likely N-dealkylation sites (tertiary alicyclic amines) is 1. The standard InChI is InChI=1S/C17H21N3O2/c21-15-6-9-20(10-7-15)12-13-3-1-4-14(11-13)19-17(22)16-5-2-8-18-16/h1-5,8,11,15,18,21H,6-7,9-10,12H2,(H,19,22). The Labute approximate surface area is 130 Å². The van der Waals surface area contributed by atoms with Crippen molar-refractivity contribution in [2.45, 2.75) is 25.5 Å². The zero-order valence-electron chi connectivity index (χ0n) is 12.5. The average Bonchev–Trinajstić information content (AvgIpc) is 3.04. The molecule has 2 heterocycles. The maximum atomic E-state index is 12.0. The molecule has 2 aromatic rings. The van der Waals surface area contributed by atoms with Crippen molar-refractivity contribution in [2.24, 2.45) is 0 Å². The summed E-state index contributed by atoms with van der Waals surface area (Å²) in [6.45, 7) is 2.68. The van der Waals surface area contributed by atoms with Crippen LogP contribution in [0.4, 0.5) is 5.69 Å². The van der Waals surface area contributed by atoms with Gasteiger partial charge in [-0.3, -0.25) is 9.69 Å². The van der Waals surface area contributed by atoms with Gasteiger partial charge in [0.05, 0.1) is 6.10 Å². The molecule has 0 atom stereocenters. The highest BCUT2D eigenvalue weighted by Crippen LogP contribution is 2.17. The molecule has 0 bridgehead atoms. The van der Waals surface area contributed by atoms with Gasteiger partial charge in [-0.1, -0.05) is 12.1 Å². The smallest absolute Gasteiger partial charge is 0.272 e. The Morgan fingerprint density at radius 1 is 1.27 bits per heavy atom. The average molecular weight is 299 g/mol. The molecular formula is C17H21N3O2. The molecule has 116 valence electrons. The fraction of sp³-hybridized carbons (Fsp3) is 0.353. The molecule has 1 aromatic heterocycles. The zero-order chi connectivity index (χ0) is 15.4. The molecule has 1 saturated heterocycles. The Morgan fingerprint density at radius 3 is 2.82 bits per heavy atom. The molecular weight excluding hydrogens is 278 g/mol. The SMILES string of the molecule is O=C(Nc1cccc(CN2CCC(O)CC2)c1)c1ccc[nH]1. The number of hydrogen-bond acceptors (Lipinski definition) is 3. The van der Waals surface area contributed by atoms with Crippen LogP contribution in [0, 0.1) is 0 Å². The molecule has 3 N–H and O–H groups in total. The molecule has 5 heteroatoms. The number of aliphatic hydroxyl groups excluding tert-OH is 1. The van der Waals surface area contributed by atoms with Crippen LogP contribution in [0.25, 0.3) is 0 Å². The Kier molecular flexibility index (Phi) is 4.56. The van der Waals surface area contributed by atoms with Crippen LogP contribution in [0.15, 0.2) is 42.6 Å². The van der Waals surface area contributed by atoms with Gasteiger partial charge in [-0.25, -0.2) is 0 Å². The van der Waals surface area contributed by atoms with Crippen LogP contribution in [-0.4, -0.2) is 40.1 Å². The Hall–Kier alpha value is -2.11. The fourth-order valence-electron chi connectivity index (χ4n) is 2.75. The van der Waals surface area contributed by atoms with Gasteiger partial charge in [-0.2, -0.15) is 0 Å². The van der Waals surface area contributed by atoms with Gasteiger partial charge in [0, 0.05) is 31.5 Å². The first-order valence-electron chi connectivity index (χ1n) is 7.65.